The first-order chi connectivity index (χ1) is 17.1. The number of rotatable bonds is 6. The van der Waals surface area contributed by atoms with Crippen LogP contribution in [0.4, 0.5) is 5.69 Å². The van der Waals surface area contributed by atoms with E-state index in [1.807, 2.05) is 11.0 Å². The third-order valence-electron chi connectivity index (χ3n) is 8.18. The molecule has 1 amide bonds. The quantitative estimate of drug-likeness (QED) is 0.684. The first-order valence-corrected chi connectivity index (χ1v) is 13.1. The first kappa shape index (κ1) is 23.0. The van der Waals surface area contributed by atoms with Gasteiger partial charge in [0, 0.05) is 70.2 Å². The molecule has 4 heterocycles. The van der Waals surface area contributed by atoms with Crippen LogP contribution in [0.2, 0.25) is 0 Å². The highest BCUT2D eigenvalue weighted by Crippen LogP contribution is 2.27. The van der Waals surface area contributed by atoms with Crippen molar-refractivity contribution in [3.63, 3.8) is 0 Å². The Morgan fingerprint density at radius 3 is 2.43 bits per heavy atom. The molecule has 2 fully saturated rings. The fourth-order valence-corrected chi connectivity index (χ4v) is 5.99. The molecule has 35 heavy (non-hydrogen) atoms. The van der Waals surface area contributed by atoms with Gasteiger partial charge >= 0.3 is 0 Å². The number of β-amino-alcohol motifs (C(OH)–C–C–N with tert-alkyl or cyclic N) is 1. The number of carbonyl (C=O) groups is 1. The molecule has 4 aliphatic heterocycles. The molecule has 1 unspecified atom stereocenters. The molecule has 4 aliphatic rings. The Morgan fingerprint density at radius 2 is 1.66 bits per heavy atom. The lowest BCUT2D eigenvalue weighted by Crippen LogP contribution is -2.56. The van der Waals surface area contributed by atoms with Gasteiger partial charge in [-0.2, -0.15) is 0 Å². The summed E-state index contributed by atoms with van der Waals surface area (Å²) in [4.78, 5) is 22.3. The van der Waals surface area contributed by atoms with Gasteiger partial charge in [-0.15, -0.1) is 0 Å². The van der Waals surface area contributed by atoms with Gasteiger partial charge < -0.3 is 19.6 Å². The Kier molecular flexibility index (Phi) is 6.50. The van der Waals surface area contributed by atoms with Crippen molar-refractivity contribution in [2.75, 3.05) is 70.5 Å². The number of nitrogens with zero attached hydrogens (tertiary/aromatic N) is 4. The number of carbonyl (C=O) groups excluding carboxylic acids is 1. The number of aliphatic hydroxyl groups excluding tert-OH is 1. The minimum absolute atomic E-state index is 0.0515. The van der Waals surface area contributed by atoms with E-state index in [-0.39, 0.29) is 5.91 Å². The van der Waals surface area contributed by atoms with Crippen LogP contribution in [-0.4, -0.2) is 103 Å². The van der Waals surface area contributed by atoms with E-state index in [1.54, 1.807) is 0 Å². The molecule has 0 aromatic heterocycles. The van der Waals surface area contributed by atoms with Crippen molar-refractivity contribution in [1.29, 1.82) is 0 Å². The summed E-state index contributed by atoms with van der Waals surface area (Å²) in [6.07, 6.45) is 1.33. The molecule has 1 N–H and O–H groups in total. The molecule has 0 bridgehead atoms. The van der Waals surface area contributed by atoms with E-state index in [1.165, 1.54) is 16.8 Å². The maximum atomic E-state index is 13.2. The van der Waals surface area contributed by atoms with Crippen LogP contribution in [0.25, 0.3) is 0 Å². The Morgan fingerprint density at radius 1 is 0.886 bits per heavy atom. The van der Waals surface area contributed by atoms with Crippen LogP contribution in [0.1, 0.15) is 27.0 Å². The summed E-state index contributed by atoms with van der Waals surface area (Å²) < 4.78 is 5.35. The fourth-order valence-electron chi connectivity index (χ4n) is 5.99. The van der Waals surface area contributed by atoms with Crippen LogP contribution in [0.15, 0.2) is 42.5 Å². The van der Waals surface area contributed by atoms with E-state index >= 15 is 0 Å². The molecule has 2 saturated heterocycles. The zero-order valence-corrected chi connectivity index (χ0v) is 20.4. The lowest BCUT2D eigenvalue weighted by atomic mass is 9.97. The molecule has 2 aromatic rings. The van der Waals surface area contributed by atoms with Crippen LogP contribution in [0, 0.1) is 0 Å². The van der Waals surface area contributed by atoms with Crippen molar-refractivity contribution in [3.05, 3.63) is 64.7 Å². The van der Waals surface area contributed by atoms with E-state index in [4.69, 9.17) is 4.74 Å². The van der Waals surface area contributed by atoms with Crippen LogP contribution in [0.5, 0.6) is 0 Å². The number of anilines is 1. The minimum Gasteiger partial charge on any atom is -0.390 e. The maximum Gasteiger partial charge on any atom is 0.254 e. The van der Waals surface area contributed by atoms with Gasteiger partial charge in [0.15, 0.2) is 0 Å². The van der Waals surface area contributed by atoms with Crippen molar-refractivity contribution in [3.8, 4) is 0 Å². The van der Waals surface area contributed by atoms with Crippen molar-refractivity contribution in [1.82, 2.24) is 14.7 Å². The number of fused-ring (bicyclic) bond motifs is 2. The number of hydrogen-bond acceptors (Lipinski definition) is 6. The number of amides is 1. The fraction of sp³-hybridized carbons (Fsp3) is 0.536. The SMILES string of the molecule is O=C1c2ccc(N3CCN(C4COC4)CC3)cc2CCN1CC(O)CN1CCc2ccccc2C1. The highest BCUT2D eigenvalue weighted by molar-refractivity contribution is 5.97. The smallest absolute Gasteiger partial charge is 0.254 e. The molecule has 2 aromatic carbocycles. The van der Waals surface area contributed by atoms with Crippen LogP contribution >= 0.6 is 0 Å². The van der Waals surface area contributed by atoms with Crippen LogP contribution in [-0.2, 0) is 24.1 Å². The highest BCUT2D eigenvalue weighted by atomic mass is 16.5. The molecule has 186 valence electrons. The summed E-state index contributed by atoms with van der Waals surface area (Å²) in [5, 5.41) is 10.8. The predicted molar refractivity (Wildman–Crippen MR) is 136 cm³/mol. The molecule has 1 atom stereocenters. The van der Waals surface area contributed by atoms with Crippen LogP contribution in [0.3, 0.4) is 0 Å². The lowest BCUT2D eigenvalue weighted by molar-refractivity contribution is -0.0660. The number of piperazine rings is 1. The Hall–Kier alpha value is -2.45. The summed E-state index contributed by atoms with van der Waals surface area (Å²) in [5.74, 6) is 0.0515. The number of ether oxygens (including phenoxy) is 1. The first-order valence-electron chi connectivity index (χ1n) is 13.1. The van der Waals surface area contributed by atoms with E-state index in [0.29, 0.717) is 25.7 Å². The molecule has 7 nitrogen and oxygen atoms in total. The van der Waals surface area contributed by atoms with Crippen molar-refractivity contribution in [2.24, 2.45) is 0 Å². The van der Waals surface area contributed by atoms with Crippen molar-refractivity contribution < 1.29 is 14.6 Å². The average molecular weight is 477 g/mol. The van der Waals surface area contributed by atoms with Gasteiger partial charge in [0.25, 0.3) is 5.91 Å². The Balaban J connectivity index is 1.04. The maximum absolute atomic E-state index is 13.2. The molecule has 6 rings (SSSR count). The van der Waals surface area contributed by atoms with Gasteiger partial charge in [-0.1, -0.05) is 24.3 Å². The molecule has 0 aliphatic carbocycles. The second kappa shape index (κ2) is 9.90. The highest BCUT2D eigenvalue weighted by Gasteiger charge is 2.30. The number of aliphatic hydroxyl groups is 1. The van der Waals surface area contributed by atoms with Gasteiger partial charge in [-0.05, 0) is 47.7 Å². The summed E-state index contributed by atoms with van der Waals surface area (Å²) in [7, 11) is 0. The van der Waals surface area contributed by atoms with Gasteiger partial charge in [-0.3, -0.25) is 14.6 Å². The molecule has 0 radical (unpaired) electrons. The Bertz CT molecular complexity index is 1060. The molecular weight excluding hydrogens is 440 g/mol. The lowest BCUT2D eigenvalue weighted by Gasteiger charge is -2.43. The third-order valence-corrected chi connectivity index (χ3v) is 8.18. The second-order valence-electron chi connectivity index (χ2n) is 10.5. The predicted octanol–water partition coefficient (Wildman–Crippen LogP) is 1.62. The molecule has 0 saturated carbocycles. The second-order valence-corrected chi connectivity index (χ2v) is 10.5. The van der Waals surface area contributed by atoms with E-state index in [9.17, 15) is 9.90 Å². The minimum atomic E-state index is -0.539. The van der Waals surface area contributed by atoms with Gasteiger partial charge in [0.2, 0.25) is 0 Å². The standard InChI is InChI=1S/C28H36N4O3/c33-26(17-29-9-7-21-3-1-2-4-23(21)16-29)18-32-10-8-22-15-24(5-6-27(22)28(32)34)30-11-13-31(14-12-30)25-19-35-20-25/h1-6,15,25-26,33H,7-14,16-20H2. The van der Waals surface area contributed by atoms with Crippen molar-refractivity contribution in [2.45, 2.75) is 31.5 Å². The monoisotopic (exact) mass is 476 g/mol. The third kappa shape index (κ3) is 4.83. The number of benzene rings is 2. The topological polar surface area (TPSA) is 59.5 Å². The molecule has 7 heteroatoms. The van der Waals surface area contributed by atoms with Crippen molar-refractivity contribution >= 4 is 11.6 Å². The van der Waals surface area contributed by atoms with Gasteiger partial charge in [-0.25, -0.2) is 0 Å². The van der Waals surface area contributed by atoms with Gasteiger partial charge in [0.05, 0.1) is 25.4 Å². The van der Waals surface area contributed by atoms with E-state index in [2.05, 4.69) is 51.1 Å². The summed E-state index contributed by atoms with van der Waals surface area (Å²) >= 11 is 0. The van der Waals surface area contributed by atoms with E-state index < -0.39 is 6.10 Å². The van der Waals surface area contributed by atoms with Crippen LogP contribution < -0.4 is 4.90 Å². The largest absolute Gasteiger partial charge is 0.390 e. The number of hydrogen-bond donors (Lipinski definition) is 1. The zero-order valence-electron chi connectivity index (χ0n) is 20.4. The van der Waals surface area contributed by atoms with Gasteiger partial charge in [0.1, 0.15) is 0 Å². The van der Waals surface area contributed by atoms with E-state index in [0.717, 1.165) is 76.5 Å². The normalized spacial score (nSPS) is 22.5. The summed E-state index contributed by atoms with van der Waals surface area (Å²) in [6.45, 7) is 9.41. The summed E-state index contributed by atoms with van der Waals surface area (Å²) in [6, 6.07) is 15.5. The summed E-state index contributed by atoms with van der Waals surface area (Å²) in [5.41, 5.74) is 5.92. The average Bonchev–Trinajstić information content (AvgIpc) is 2.85. The molecule has 0 spiro atoms. The zero-order chi connectivity index (χ0) is 23.8. The Labute approximate surface area is 207 Å². The molecular formula is C28H36N4O3.